The molecule has 5 heteroatoms. The van der Waals surface area contributed by atoms with Gasteiger partial charge < -0.3 is 9.47 Å². The van der Waals surface area contributed by atoms with Gasteiger partial charge in [-0.15, -0.1) is 0 Å². The van der Waals surface area contributed by atoms with Gasteiger partial charge in [0, 0.05) is 11.1 Å². The fraction of sp³-hybridized carbons (Fsp3) is 0.538. The van der Waals surface area contributed by atoms with E-state index in [1.807, 2.05) is 0 Å². The molecule has 0 heterocycles. The minimum atomic E-state index is -1.44. The second-order valence-electron chi connectivity index (χ2n) is 5.25. The molecule has 102 valence electrons. The first-order valence-corrected chi connectivity index (χ1v) is 5.50. The average molecular weight is 256 g/mol. The Hall–Kier alpha value is -1.62. The Kier molecular flexibility index (Phi) is 4.87. The van der Waals surface area contributed by atoms with E-state index in [4.69, 9.17) is 9.47 Å². The summed E-state index contributed by atoms with van der Waals surface area (Å²) in [6.45, 7) is 11.6. The number of esters is 2. The maximum absolute atomic E-state index is 11.6. The highest BCUT2D eigenvalue weighted by atomic mass is 16.8. The fourth-order valence-corrected chi connectivity index (χ4v) is 0.813. The number of quaternary nitrogens is 1. The zero-order chi connectivity index (χ0) is 14.7. The van der Waals surface area contributed by atoms with Crippen LogP contribution in [-0.4, -0.2) is 43.5 Å². The van der Waals surface area contributed by atoms with E-state index in [9.17, 15) is 9.59 Å². The number of nitrogens with zero attached hydrogens (tertiary/aromatic N) is 1. The molecule has 0 aromatic carbocycles. The van der Waals surface area contributed by atoms with Gasteiger partial charge in [-0.3, -0.25) is 4.48 Å². The minimum absolute atomic E-state index is 0.102. The lowest BCUT2D eigenvalue weighted by atomic mass is 10.3. The van der Waals surface area contributed by atoms with E-state index in [2.05, 4.69) is 13.2 Å². The van der Waals surface area contributed by atoms with E-state index >= 15 is 0 Å². The van der Waals surface area contributed by atoms with Crippen LogP contribution in [0.25, 0.3) is 0 Å². The van der Waals surface area contributed by atoms with Crippen molar-refractivity contribution in [3.05, 3.63) is 24.3 Å². The SMILES string of the molecule is C=C(C)C(=O)OC(C)(OC(=O)C(=C)C)[N+](C)(C)C. The lowest BCUT2D eigenvalue weighted by molar-refractivity contribution is -0.971. The van der Waals surface area contributed by atoms with Crippen LogP contribution in [0.2, 0.25) is 0 Å². The van der Waals surface area contributed by atoms with E-state index in [0.29, 0.717) is 0 Å². The number of ether oxygens (including phenoxy) is 2. The smallest absolute Gasteiger partial charge is 0.371 e. The molecule has 0 aliphatic rings. The summed E-state index contributed by atoms with van der Waals surface area (Å²) in [6, 6.07) is 0. The maximum Gasteiger partial charge on any atom is 0.405 e. The van der Waals surface area contributed by atoms with Crippen LogP contribution in [0.5, 0.6) is 0 Å². The molecular formula is C13H22NO4+. The summed E-state index contributed by atoms with van der Waals surface area (Å²) in [5.74, 6) is -2.66. The van der Waals surface area contributed by atoms with Crippen LogP contribution >= 0.6 is 0 Å². The van der Waals surface area contributed by atoms with Crippen molar-refractivity contribution in [2.75, 3.05) is 21.1 Å². The Morgan fingerprint density at radius 3 is 1.39 bits per heavy atom. The van der Waals surface area contributed by atoms with Gasteiger partial charge in [0.2, 0.25) is 0 Å². The van der Waals surface area contributed by atoms with Gasteiger partial charge in [-0.1, -0.05) is 13.2 Å². The Morgan fingerprint density at radius 2 is 1.22 bits per heavy atom. The molecule has 0 saturated heterocycles. The molecular weight excluding hydrogens is 234 g/mol. The van der Waals surface area contributed by atoms with Gasteiger partial charge in [0.25, 0.3) is 0 Å². The molecule has 0 fully saturated rings. The first kappa shape index (κ1) is 16.4. The molecule has 0 atom stereocenters. The minimum Gasteiger partial charge on any atom is -0.371 e. The van der Waals surface area contributed by atoms with Crippen LogP contribution < -0.4 is 0 Å². The van der Waals surface area contributed by atoms with Gasteiger partial charge in [0.1, 0.15) is 0 Å². The van der Waals surface area contributed by atoms with E-state index in [1.165, 1.54) is 20.8 Å². The summed E-state index contributed by atoms with van der Waals surface area (Å²) in [7, 11) is 5.24. The van der Waals surface area contributed by atoms with Crippen molar-refractivity contribution in [2.45, 2.75) is 26.7 Å². The average Bonchev–Trinajstić information content (AvgIpc) is 2.14. The number of hydrogen-bond acceptors (Lipinski definition) is 4. The normalized spacial score (nSPS) is 11.7. The van der Waals surface area contributed by atoms with Gasteiger partial charge in [0.05, 0.1) is 28.1 Å². The highest BCUT2D eigenvalue weighted by Gasteiger charge is 2.47. The van der Waals surface area contributed by atoms with Gasteiger partial charge in [-0.2, -0.15) is 0 Å². The van der Waals surface area contributed by atoms with Gasteiger partial charge in [-0.05, 0) is 13.8 Å². The topological polar surface area (TPSA) is 52.6 Å². The second kappa shape index (κ2) is 5.35. The largest absolute Gasteiger partial charge is 0.405 e. The zero-order valence-corrected chi connectivity index (χ0v) is 12.0. The predicted octanol–water partition coefficient (Wildman–Crippen LogP) is 1.60. The summed E-state index contributed by atoms with van der Waals surface area (Å²) in [6.07, 6.45) is 0. The van der Waals surface area contributed by atoms with Crippen molar-refractivity contribution < 1.29 is 23.5 Å². The summed E-state index contributed by atoms with van der Waals surface area (Å²) in [5, 5.41) is 0. The van der Waals surface area contributed by atoms with Crippen LogP contribution in [0.1, 0.15) is 20.8 Å². The monoisotopic (exact) mass is 256 g/mol. The fourth-order valence-electron chi connectivity index (χ4n) is 0.813. The number of carbonyl (C=O) groups is 2. The molecule has 0 radical (unpaired) electrons. The number of carbonyl (C=O) groups excluding carboxylic acids is 2. The van der Waals surface area contributed by atoms with Gasteiger partial charge in [-0.25, -0.2) is 9.59 Å². The molecule has 0 aliphatic heterocycles. The molecule has 0 amide bonds. The molecule has 0 saturated carbocycles. The first-order chi connectivity index (χ1) is 7.90. The number of rotatable bonds is 5. The van der Waals surface area contributed by atoms with Crippen LogP contribution in [0, 0.1) is 0 Å². The Morgan fingerprint density at radius 1 is 0.944 bits per heavy atom. The summed E-state index contributed by atoms with van der Waals surface area (Å²) in [5.41, 5.74) is 0.474. The van der Waals surface area contributed by atoms with Crippen LogP contribution in [-0.2, 0) is 19.1 Å². The van der Waals surface area contributed by atoms with Crippen LogP contribution in [0.3, 0.4) is 0 Å². The van der Waals surface area contributed by atoms with Gasteiger partial charge in [0.15, 0.2) is 0 Å². The van der Waals surface area contributed by atoms with Crippen molar-refractivity contribution in [1.82, 2.24) is 0 Å². The molecule has 0 aromatic rings. The highest BCUT2D eigenvalue weighted by Crippen LogP contribution is 2.24. The molecule has 0 unspecified atom stereocenters. The predicted molar refractivity (Wildman–Crippen MR) is 68.2 cm³/mol. The molecule has 0 rings (SSSR count). The molecule has 18 heavy (non-hydrogen) atoms. The van der Waals surface area contributed by atoms with Crippen molar-refractivity contribution >= 4 is 11.9 Å². The van der Waals surface area contributed by atoms with Crippen molar-refractivity contribution in [1.29, 1.82) is 0 Å². The standard InChI is InChI=1S/C13H22NO4/c1-9(2)11(15)17-13(5,14(6,7)8)18-12(16)10(3)4/h1,3H2,2,4-8H3/q+1. The first-order valence-electron chi connectivity index (χ1n) is 5.50. The van der Waals surface area contributed by atoms with E-state index in [1.54, 1.807) is 21.1 Å². The Balaban J connectivity index is 5.21. The van der Waals surface area contributed by atoms with Gasteiger partial charge >= 0.3 is 17.8 Å². The molecule has 0 N–H and O–H groups in total. The molecule has 0 spiro atoms. The summed E-state index contributed by atoms with van der Waals surface area (Å²) in [4.78, 5) is 23.2. The lowest BCUT2D eigenvalue weighted by Crippen LogP contribution is -2.60. The van der Waals surface area contributed by atoms with Crippen LogP contribution in [0.15, 0.2) is 24.3 Å². The van der Waals surface area contributed by atoms with E-state index < -0.39 is 17.8 Å². The molecule has 0 bridgehead atoms. The van der Waals surface area contributed by atoms with E-state index in [0.717, 1.165) is 0 Å². The third-order valence-corrected chi connectivity index (χ3v) is 2.48. The highest BCUT2D eigenvalue weighted by molar-refractivity contribution is 5.88. The zero-order valence-electron chi connectivity index (χ0n) is 12.0. The van der Waals surface area contributed by atoms with Crippen molar-refractivity contribution in [3.8, 4) is 0 Å². The lowest BCUT2D eigenvalue weighted by Gasteiger charge is -2.40. The Bertz CT molecular complexity index is 362. The third-order valence-electron chi connectivity index (χ3n) is 2.48. The molecule has 0 aromatic heterocycles. The summed E-state index contributed by atoms with van der Waals surface area (Å²) < 4.78 is 10.6. The quantitative estimate of drug-likeness (QED) is 0.324. The van der Waals surface area contributed by atoms with E-state index in [-0.39, 0.29) is 15.6 Å². The second-order valence-corrected chi connectivity index (χ2v) is 5.25. The Labute approximate surface area is 108 Å². The van der Waals surface area contributed by atoms with Crippen molar-refractivity contribution in [3.63, 3.8) is 0 Å². The maximum atomic E-state index is 11.6. The molecule has 5 nitrogen and oxygen atoms in total. The molecule has 0 aliphatic carbocycles. The van der Waals surface area contributed by atoms with Crippen molar-refractivity contribution in [2.24, 2.45) is 0 Å². The third kappa shape index (κ3) is 4.00. The number of hydrogen-bond donors (Lipinski definition) is 0. The summed E-state index contributed by atoms with van der Waals surface area (Å²) >= 11 is 0. The van der Waals surface area contributed by atoms with Crippen LogP contribution in [0.4, 0.5) is 0 Å².